The Morgan fingerprint density at radius 1 is 1.10 bits per heavy atom. The number of aromatic nitrogens is 1. The number of carbonyl (C=O) groups is 1. The van der Waals surface area contributed by atoms with Gasteiger partial charge in [0, 0.05) is 23.5 Å². The topological polar surface area (TPSA) is 48.4 Å². The van der Waals surface area contributed by atoms with E-state index in [-0.39, 0.29) is 5.78 Å². The molecule has 0 N–H and O–H groups in total. The van der Waals surface area contributed by atoms with Gasteiger partial charge in [0.05, 0.1) is 7.11 Å². The molecule has 4 heteroatoms. The number of benzene rings is 2. The summed E-state index contributed by atoms with van der Waals surface area (Å²) in [5, 5.41) is 0. The predicted octanol–water partition coefficient (Wildman–Crippen LogP) is 5.69. The molecule has 0 radical (unpaired) electrons. The van der Waals surface area contributed by atoms with E-state index in [0.717, 1.165) is 22.6 Å². The summed E-state index contributed by atoms with van der Waals surface area (Å²) in [5.74, 6) is 1.96. The number of allylic oxidation sites excluding steroid dienone is 1. The van der Waals surface area contributed by atoms with Gasteiger partial charge in [-0.2, -0.15) is 0 Å². The lowest BCUT2D eigenvalue weighted by Crippen LogP contribution is -2.00. The van der Waals surface area contributed by atoms with Gasteiger partial charge in [0.2, 0.25) is 0 Å². The molecule has 1 aromatic heterocycles. The fraction of sp³-hybridized carbons (Fsp3) is 0.200. The minimum absolute atomic E-state index is 0.0861. The highest BCUT2D eigenvalue weighted by Gasteiger charge is 2.07. The van der Waals surface area contributed by atoms with E-state index >= 15 is 0 Å². The number of hydrogen-bond acceptors (Lipinski definition) is 4. The van der Waals surface area contributed by atoms with Crippen LogP contribution in [0.25, 0.3) is 6.08 Å². The quantitative estimate of drug-likeness (QED) is 0.368. The summed E-state index contributed by atoms with van der Waals surface area (Å²) in [6, 6.07) is 17.4. The Bertz CT molecular complexity index is 977. The summed E-state index contributed by atoms with van der Waals surface area (Å²) in [6.45, 7) is 4.71. The number of ketones is 1. The van der Waals surface area contributed by atoms with E-state index in [0.29, 0.717) is 18.1 Å². The van der Waals surface area contributed by atoms with Crippen LogP contribution in [-0.2, 0) is 6.61 Å². The molecule has 0 spiro atoms. The van der Waals surface area contributed by atoms with Gasteiger partial charge >= 0.3 is 0 Å². The van der Waals surface area contributed by atoms with Crippen LogP contribution in [0.3, 0.4) is 0 Å². The molecule has 0 saturated heterocycles. The highest BCUT2D eigenvalue weighted by molar-refractivity contribution is 6.06. The second-order valence-corrected chi connectivity index (χ2v) is 7.02. The van der Waals surface area contributed by atoms with Crippen LogP contribution in [0.1, 0.15) is 46.8 Å². The van der Waals surface area contributed by atoms with Gasteiger partial charge in [-0.15, -0.1) is 0 Å². The molecule has 0 saturated carbocycles. The smallest absolute Gasteiger partial charge is 0.187 e. The first-order valence-electron chi connectivity index (χ1n) is 9.59. The average molecular weight is 387 g/mol. The molecule has 0 atom stereocenters. The number of nitrogens with zero attached hydrogens (tertiary/aromatic N) is 1. The van der Waals surface area contributed by atoms with Crippen molar-refractivity contribution in [3.63, 3.8) is 0 Å². The molecule has 0 unspecified atom stereocenters. The summed E-state index contributed by atoms with van der Waals surface area (Å²) in [5.41, 5.74) is 3.65. The van der Waals surface area contributed by atoms with Crippen LogP contribution < -0.4 is 9.47 Å². The Morgan fingerprint density at radius 2 is 1.90 bits per heavy atom. The number of pyridine rings is 1. The lowest BCUT2D eigenvalue weighted by atomic mass is 10.0. The van der Waals surface area contributed by atoms with Gasteiger partial charge < -0.3 is 9.47 Å². The van der Waals surface area contributed by atoms with Crippen LogP contribution in [0.5, 0.6) is 11.5 Å². The Hall–Kier alpha value is -3.40. The third-order valence-corrected chi connectivity index (χ3v) is 4.62. The number of carbonyl (C=O) groups excluding carboxylic acids is 1. The molecule has 29 heavy (non-hydrogen) atoms. The molecule has 3 rings (SSSR count). The third-order valence-electron chi connectivity index (χ3n) is 4.62. The maximum atomic E-state index is 12.2. The third kappa shape index (κ3) is 5.55. The predicted molar refractivity (Wildman–Crippen MR) is 115 cm³/mol. The molecule has 4 nitrogen and oxygen atoms in total. The molecule has 0 aliphatic rings. The van der Waals surface area contributed by atoms with Gasteiger partial charge in [0.15, 0.2) is 5.78 Å². The number of ether oxygens (including phenoxy) is 2. The number of methoxy groups -OCH3 is 1. The number of rotatable bonds is 8. The standard InChI is InChI=1S/C25H25NO3/c1-18(2)20-8-10-23(11-9-20)29-17-22-15-19(7-13-25(22)28-3)6-12-24(27)21-5-4-14-26-16-21/h4-16,18H,17H2,1-3H3/b12-6+. The van der Waals surface area contributed by atoms with Gasteiger partial charge in [0.1, 0.15) is 18.1 Å². The maximum absolute atomic E-state index is 12.2. The number of hydrogen-bond donors (Lipinski definition) is 0. The van der Waals surface area contributed by atoms with Gasteiger partial charge in [0.25, 0.3) is 0 Å². The fourth-order valence-electron chi connectivity index (χ4n) is 2.90. The lowest BCUT2D eigenvalue weighted by Gasteiger charge is -2.12. The molecule has 0 bridgehead atoms. The van der Waals surface area contributed by atoms with Gasteiger partial charge in [-0.1, -0.05) is 38.1 Å². The minimum atomic E-state index is -0.0861. The fourth-order valence-corrected chi connectivity index (χ4v) is 2.90. The van der Waals surface area contributed by atoms with E-state index in [4.69, 9.17) is 9.47 Å². The molecule has 0 amide bonds. The molecule has 3 aromatic rings. The summed E-state index contributed by atoms with van der Waals surface area (Å²) < 4.78 is 11.4. The maximum Gasteiger partial charge on any atom is 0.187 e. The zero-order valence-corrected chi connectivity index (χ0v) is 17.0. The van der Waals surface area contributed by atoms with Crippen LogP contribution in [0, 0.1) is 0 Å². The molecule has 148 valence electrons. The van der Waals surface area contributed by atoms with E-state index in [9.17, 15) is 4.79 Å². The Labute approximate surface area is 171 Å². The van der Waals surface area contributed by atoms with Gasteiger partial charge in [-0.05, 0) is 59.5 Å². The summed E-state index contributed by atoms with van der Waals surface area (Å²) >= 11 is 0. The van der Waals surface area contributed by atoms with Crippen LogP contribution >= 0.6 is 0 Å². The first kappa shape index (κ1) is 20.3. The van der Waals surface area contributed by atoms with Crippen molar-refractivity contribution < 1.29 is 14.3 Å². The summed E-state index contributed by atoms with van der Waals surface area (Å²) in [7, 11) is 1.64. The molecular formula is C25H25NO3. The molecule has 0 aliphatic heterocycles. The first-order chi connectivity index (χ1) is 14.1. The first-order valence-corrected chi connectivity index (χ1v) is 9.59. The average Bonchev–Trinajstić information content (AvgIpc) is 2.77. The van der Waals surface area contributed by atoms with E-state index < -0.39 is 0 Å². The Kier molecular flexibility index (Phi) is 6.80. The molecule has 0 fully saturated rings. The van der Waals surface area contributed by atoms with Crippen LogP contribution in [0.15, 0.2) is 73.1 Å². The van der Waals surface area contributed by atoms with E-state index in [2.05, 4.69) is 31.0 Å². The van der Waals surface area contributed by atoms with Crippen molar-refractivity contribution >= 4 is 11.9 Å². The summed E-state index contributed by atoms with van der Waals surface area (Å²) in [4.78, 5) is 16.2. The van der Waals surface area contributed by atoms with Crippen LogP contribution in [0.2, 0.25) is 0 Å². The normalized spacial score (nSPS) is 11.0. The molecule has 0 aliphatic carbocycles. The van der Waals surface area contributed by atoms with Crippen molar-refractivity contribution in [2.45, 2.75) is 26.4 Å². The minimum Gasteiger partial charge on any atom is -0.496 e. The molecule has 1 heterocycles. The van der Waals surface area contributed by atoms with Crippen molar-refractivity contribution in [3.05, 3.63) is 95.3 Å². The van der Waals surface area contributed by atoms with Crippen LogP contribution in [0.4, 0.5) is 0 Å². The molecule has 2 aromatic carbocycles. The monoisotopic (exact) mass is 387 g/mol. The zero-order valence-electron chi connectivity index (χ0n) is 17.0. The molecular weight excluding hydrogens is 362 g/mol. The van der Waals surface area contributed by atoms with Crippen molar-refractivity contribution in [2.24, 2.45) is 0 Å². The second-order valence-electron chi connectivity index (χ2n) is 7.02. The van der Waals surface area contributed by atoms with E-state index in [1.54, 1.807) is 43.8 Å². The van der Waals surface area contributed by atoms with Crippen LogP contribution in [-0.4, -0.2) is 17.9 Å². The highest BCUT2D eigenvalue weighted by Crippen LogP contribution is 2.24. The van der Waals surface area contributed by atoms with Crippen molar-refractivity contribution in [3.8, 4) is 11.5 Å². The van der Waals surface area contributed by atoms with E-state index in [1.807, 2.05) is 30.3 Å². The summed E-state index contributed by atoms with van der Waals surface area (Å²) in [6.07, 6.45) is 6.54. The SMILES string of the molecule is COc1ccc(/C=C/C(=O)c2cccnc2)cc1COc1ccc(C(C)C)cc1. The lowest BCUT2D eigenvalue weighted by molar-refractivity contribution is 0.104. The van der Waals surface area contributed by atoms with Crippen molar-refractivity contribution in [2.75, 3.05) is 7.11 Å². The Balaban J connectivity index is 1.71. The second kappa shape index (κ2) is 9.69. The van der Waals surface area contributed by atoms with Crippen molar-refractivity contribution in [1.82, 2.24) is 4.98 Å². The highest BCUT2D eigenvalue weighted by atomic mass is 16.5. The zero-order chi connectivity index (χ0) is 20.6. The Morgan fingerprint density at radius 3 is 2.55 bits per heavy atom. The largest absolute Gasteiger partial charge is 0.496 e. The van der Waals surface area contributed by atoms with Crippen molar-refractivity contribution in [1.29, 1.82) is 0 Å². The van der Waals surface area contributed by atoms with Gasteiger partial charge in [-0.3, -0.25) is 9.78 Å². The van der Waals surface area contributed by atoms with E-state index in [1.165, 1.54) is 5.56 Å². The van der Waals surface area contributed by atoms with Gasteiger partial charge in [-0.25, -0.2) is 0 Å².